The van der Waals surface area contributed by atoms with Crippen LogP contribution in [0.25, 0.3) is 0 Å². The van der Waals surface area contributed by atoms with Gasteiger partial charge in [-0.15, -0.1) is 0 Å². The number of pyridine rings is 1. The number of hydrogen-bond acceptors (Lipinski definition) is 6. The molecule has 0 saturated carbocycles. The summed E-state index contributed by atoms with van der Waals surface area (Å²) in [4.78, 5) is 3.93. The lowest BCUT2D eigenvalue weighted by molar-refractivity contribution is 0.434. The molecule has 2 unspecified atom stereocenters. The van der Waals surface area contributed by atoms with Crippen molar-refractivity contribution in [2.45, 2.75) is 6.92 Å². The van der Waals surface area contributed by atoms with Gasteiger partial charge in [-0.05, 0) is 13.0 Å². The standard InChI is InChI=1S/C9H11N3O4S2/c1-7-4-9(8(5-10)6-11-7)12(17(13)15-2)18(14)16-3/h4,6H,1-3H3. The molecule has 0 N–H and O–H groups in total. The molecular formula is C9H11N3O4S2. The molecule has 1 aromatic heterocycles. The number of aromatic nitrogens is 1. The number of nitrogens with zero attached hydrogens (tertiary/aromatic N) is 3. The predicted octanol–water partition coefficient (Wildman–Crippen LogP) is 0.518. The van der Waals surface area contributed by atoms with Gasteiger partial charge in [-0.3, -0.25) is 13.4 Å². The van der Waals surface area contributed by atoms with Crippen molar-refractivity contribution in [2.75, 3.05) is 17.9 Å². The molecule has 1 rings (SSSR count). The minimum atomic E-state index is -2.04. The lowest BCUT2D eigenvalue weighted by atomic mass is 10.2. The summed E-state index contributed by atoms with van der Waals surface area (Å²) in [6.07, 6.45) is 1.30. The van der Waals surface area contributed by atoms with Gasteiger partial charge in [0.15, 0.2) is 0 Å². The van der Waals surface area contributed by atoms with Crippen LogP contribution in [-0.4, -0.2) is 27.6 Å². The van der Waals surface area contributed by atoms with E-state index < -0.39 is 22.5 Å². The van der Waals surface area contributed by atoms with Crippen LogP contribution in [0.5, 0.6) is 0 Å². The van der Waals surface area contributed by atoms with Gasteiger partial charge in [0, 0.05) is 11.9 Å². The lowest BCUT2D eigenvalue weighted by Crippen LogP contribution is -2.30. The number of aryl methyl sites for hydroxylation is 1. The second-order valence-electron chi connectivity index (χ2n) is 2.98. The van der Waals surface area contributed by atoms with Crippen LogP contribution in [0, 0.1) is 18.3 Å². The molecule has 1 aromatic rings. The first-order valence-corrected chi connectivity index (χ1v) is 6.71. The Kier molecular flexibility index (Phi) is 5.36. The fraction of sp³-hybridized carbons (Fsp3) is 0.333. The lowest BCUT2D eigenvalue weighted by Gasteiger charge is -2.19. The first kappa shape index (κ1) is 14.7. The Labute approximate surface area is 110 Å². The zero-order valence-corrected chi connectivity index (χ0v) is 11.6. The van der Waals surface area contributed by atoms with Gasteiger partial charge in [0.1, 0.15) is 6.07 Å². The summed E-state index contributed by atoms with van der Waals surface area (Å²) in [7, 11) is 2.38. The van der Waals surface area contributed by atoms with Crippen LogP contribution in [0.1, 0.15) is 11.3 Å². The maximum atomic E-state index is 11.7. The normalized spacial score (nSPS) is 13.7. The van der Waals surface area contributed by atoms with Crippen LogP contribution >= 0.6 is 0 Å². The molecule has 0 bridgehead atoms. The van der Waals surface area contributed by atoms with Crippen molar-refractivity contribution in [1.82, 2.24) is 4.98 Å². The SMILES string of the molecule is COS(=O)N(c1cc(C)ncc1C#N)S(=O)OC. The third kappa shape index (κ3) is 3.11. The van der Waals surface area contributed by atoms with Gasteiger partial charge in [0.05, 0.1) is 25.5 Å². The van der Waals surface area contributed by atoms with Gasteiger partial charge in [-0.1, -0.05) is 0 Å². The van der Waals surface area contributed by atoms with Crippen molar-refractivity contribution in [3.63, 3.8) is 0 Å². The summed E-state index contributed by atoms with van der Waals surface area (Å²) < 4.78 is 33.5. The van der Waals surface area contributed by atoms with Gasteiger partial charge < -0.3 is 0 Å². The molecule has 0 spiro atoms. The van der Waals surface area contributed by atoms with Crippen LogP contribution in [0.4, 0.5) is 5.69 Å². The van der Waals surface area contributed by atoms with Crippen LogP contribution in [0.3, 0.4) is 0 Å². The van der Waals surface area contributed by atoms with Crippen LogP contribution in [0.2, 0.25) is 0 Å². The highest BCUT2D eigenvalue weighted by Gasteiger charge is 2.25. The smallest absolute Gasteiger partial charge is 0.276 e. The highest BCUT2D eigenvalue weighted by Crippen LogP contribution is 2.24. The predicted molar refractivity (Wildman–Crippen MR) is 66.5 cm³/mol. The fourth-order valence-electron chi connectivity index (χ4n) is 1.13. The minimum Gasteiger partial charge on any atom is -0.276 e. The first-order chi connectivity index (χ1) is 8.54. The second-order valence-corrected chi connectivity index (χ2v) is 5.48. The molecule has 0 aromatic carbocycles. The van der Waals surface area contributed by atoms with Crippen molar-refractivity contribution < 1.29 is 16.8 Å². The van der Waals surface area contributed by atoms with Crippen LogP contribution in [0.15, 0.2) is 12.3 Å². The first-order valence-electron chi connectivity index (χ1n) is 4.64. The van der Waals surface area contributed by atoms with E-state index in [1.54, 1.807) is 6.92 Å². The Morgan fingerprint density at radius 1 is 1.33 bits per heavy atom. The third-order valence-electron chi connectivity index (χ3n) is 1.89. The molecule has 18 heavy (non-hydrogen) atoms. The van der Waals surface area contributed by atoms with E-state index in [1.807, 2.05) is 6.07 Å². The van der Waals surface area contributed by atoms with E-state index in [0.717, 1.165) is 3.71 Å². The van der Waals surface area contributed by atoms with Gasteiger partial charge in [-0.25, -0.2) is 8.42 Å². The largest absolute Gasteiger partial charge is 0.278 e. The summed E-state index contributed by atoms with van der Waals surface area (Å²) in [6, 6.07) is 3.36. The Morgan fingerprint density at radius 2 is 1.89 bits per heavy atom. The molecule has 0 amide bonds. The number of hydrogen-bond donors (Lipinski definition) is 0. The molecule has 0 saturated heterocycles. The molecule has 0 aliphatic rings. The molecule has 9 heteroatoms. The van der Waals surface area contributed by atoms with E-state index >= 15 is 0 Å². The Bertz CT molecular complexity index is 513. The monoisotopic (exact) mass is 289 g/mol. The summed E-state index contributed by atoms with van der Waals surface area (Å²) in [5.41, 5.74) is 0.872. The summed E-state index contributed by atoms with van der Waals surface area (Å²) in [5.74, 6) is 0. The van der Waals surface area contributed by atoms with Gasteiger partial charge in [0.25, 0.3) is 22.5 Å². The molecule has 0 radical (unpaired) electrons. The van der Waals surface area contributed by atoms with Crippen LogP contribution < -0.4 is 3.71 Å². The summed E-state index contributed by atoms with van der Waals surface area (Å²) in [6.45, 7) is 1.69. The topological polar surface area (TPSA) is 92.5 Å². The van der Waals surface area contributed by atoms with E-state index in [4.69, 9.17) is 5.26 Å². The quantitative estimate of drug-likeness (QED) is 0.784. The average Bonchev–Trinajstić information content (AvgIpc) is 2.38. The zero-order valence-electron chi connectivity index (χ0n) is 9.95. The second kappa shape index (κ2) is 6.55. The van der Waals surface area contributed by atoms with Crippen LogP contribution in [-0.2, 0) is 30.9 Å². The molecule has 0 aliphatic carbocycles. The Morgan fingerprint density at radius 3 is 2.33 bits per heavy atom. The van der Waals surface area contributed by atoms with Crippen molar-refractivity contribution >= 4 is 28.2 Å². The van der Waals surface area contributed by atoms with Gasteiger partial charge >= 0.3 is 0 Å². The zero-order chi connectivity index (χ0) is 13.7. The molecule has 0 aliphatic heterocycles. The highest BCUT2D eigenvalue weighted by molar-refractivity contribution is 7.99. The molecule has 0 fully saturated rings. The van der Waals surface area contributed by atoms with Crippen molar-refractivity contribution in [3.8, 4) is 6.07 Å². The van der Waals surface area contributed by atoms with E-state index in [1.165, 1.54) is 26.5 Å². The third-order valence-corrected chi connectivity index (χ3v) is 4.13. The van der Waals surface area contributed by atoms with E-state index in [-0.39, 0.29) is 11.3 Å². The number of anilines is 1. The van der Waals surface area contributed by atoms with E-state index in [0.29, 0.717) is 5.69 Å². The molecule has 2 atom stereocenters. The van der Waals surface area contributed by atoms with Crippen molar-refractivity contribution in [2.24, 2.45) is 0 Å². The van der Waals surface area contributed by atoms with Gasteiger partial charge in [-0.2, -0.15) is 8.97 Å². The van der Waals surface area contributed by atoms with Gasteiger partial charge in [0.2, 0.25) is 0 Å². The summed E-state index contributed by atoms with van der Waals surface area (Å²) >= 11 is -4.07. The van der Waals surface area contributed by atoms with E-state index in [9.17, 15) is 8.42 Å². The number of nitriles is 1. The number of rotatable bonds is 5. The molecule has 7 nitrogen and oxygen atoms in total. The average molecular weight is 289 g/mol. The highest BCUT2D eigenvalue weighted by atomic mass is 32.3. The van der Waals surface area contributed by atoms with Crippen molar-refractivity contribution in [3.05, 3.63) is 23.5 Å². The Hall–Kier alpha value is -1.34. The molecular weight excluding hydrogens is 278 g/mol. The van der Waals surface area contributed by atoms with E-state index in [2.05, 4.69) is 13.4 Å². The maximum absolute atomic E-state index is 11.7. The molecule has 98 valence electrons. The van der Waals surface area contributed by atoms with Crippen molar-refractivity contribution in [1.29, 1.82) is 5.26 Å². The Balaban J connectivity index is 3.37. The fourth-order valence-corrected chi connectivity index (χ4v) is 2.79. The molecule has 1 heterocycles. The maximum Gasteiger partial charge on any atom is 0.278 e. The minimum absolute atomic E-state index is 0.122. The summed E-state index contributed by atoms with van der Waals surface area (Å²) in [5, 5.41) is 8.97.